The monoisotopic (exact) mass is 688 g/mol. The fourth-order valence-corrected chi connectivity index (χ4v) is 6.00. The Hall–Kier alpha value is -1.02. The molecule has 0 radical (unpaired) electrons. The van der Waals surface area contributed by atoms with Crippen LogP contribution >= 0.6 is 7.82 Å². The summed E-state index contributed by atoms with van der Waals surface area (Å²) in [4.78, 5) is 22.9. The summed E-state index contributed by atoms with van der Waals surface area (Å²) in [6.07, 6.45) is 33.8. The number of phosphoric ester groups is 1. The molecule has 0 aliphatic heterocycles. The lowest BCUT2D eigenvalue weighted by atomic mass is 10.1. The van der Waals surface area contributed by atoms with E-state index in [2.05, 4.69) is 31.3 Å². The summed E-state index contributed by atoms with van der Waals surface area (Å²) < 4.78 is 23.4. The van der Waals surface area contributed by atoms with Crippen LogP contribution < -0.4 is 5.32 Å². The molecule has 0 aromatic carbocycles. The number of phosphoric acid groups is 1. The number of aliphatic hydroxyl groups excluding tert-OH is 1. The van der Waals surface area contributed by atoms with Gasteiger partial charge in [-0.2, -0.15) is 0 Å². The molecule has 0 spiro atoms. The van der Waals surface area contributed by atoms with Gasteiger partial charge in [0.2, 0.25) is 5.91 Å². The maximum absolute atomic E-state index is 12.8. The highest BCUT2D eigenvalue weighted by Crippen LogP contribution is 2.43. The molecule has 278 valence electrons. The van der Waals surface area contributed by atoms with Crippen molar-refractivity contribution in [3.63, 3.8) is 0 Å². The Bertz CT molecular complexity index is 829. The smallest absolute Gasteiger partial charge is 0.387 e. The highest BCUT2D eigenvalue weighted by molar-refractivity contribution is 7.47. The number of amides is 1. The van der Waals surface area contributed by atoms with Crippen LogP contribution in [0.25, 0.3) is 0 Å². The number of aliphatic hydroxyl groups is 1. The van der Waals surface area contributed by atoms with Crippen molar-refractivity contribution < 1.29 is 32.9 Å². The van der Waals surface area contributed by atoms with Crippen molar-refractivity contribution in [1.82, 2.24) is 5.32 Å². The standard InChI is InChI=1S/C38H75N2O6P/c1-6-8-10-12-14-16-18-19-20-21-22-24-26-28-30-32-38(42)39-36(35-46-47(43,44)45-34-33-40(3,4)5)37(41)31-29-27-25-23-17-15-13-11-9-7-2/h19-20,29,31,36-37,41H,6-18,21-28,30,32-35H2,1-5H3,(H-,39,42,43,44)/p+1/b20-19+,31-29+/t36-,37+/m0/s1. The molecule has 0 saturated carbocycles. The molecule has 0 aliphatic rings. The minimum absolute atomic E-state index is 0.0604. The summed E-state index contributed by atoms with van der Waals surface area (Å²) in [7, 11) is 1.56. The number of hydrogen-bond acceptors (Lipinski definition) is 5. The van der Waals surface area contributed by atoms with Gasteiger partial charge in [0.15, 0.2) is 0 Å². The van der Waals surface area contributed by atoms with Crippen molar-refractivity contribution in [2.75, 3.05) is 40.9 Å². The maximum atomic E-state index is 12.8. The highest BCUT2D eigenvalue weighted by Gasteiger charge is 2.27. The van der Waals surface area contributed by atoms with Crippen LogP contribution in [0.2, 0.25) is 0 Å². The lowest BCUT2D eigenvalue weighted by molar-refractivity contribution is -0.870. The number of allylic oxidation sites excluding steroid dienone is 3. The summed E-state index contributed by atoms with van der Waals surface area (Å²) in [6, 6.07) is -0.845. The summed E-state index contributed by atoms with van der Waals surface area (Å²) >= 11 is 0. The number of rotatable bonds is 34. The third-order valence-electron chi connectivity index (χ3n) is 8.42. The number of carbonyl (C=O) groups excluding carboxylic acids is 1. The number of unbranched alkanes of at least 4 members (excludes halogenated alkanes) is 19. The number of quaternary nitrogens is 1. The largest absolute Gasteiger partial charge is 0.472 e. The van der Waals surface area contributed by atoms with Crippen molar-refractivity contribution in [3.05, 3.63) is 24.3 Å². The fraction of sp³-hybridized carbons (Fsp3) is 0.868. The highest BCUT2D eigenvalue weighted by atomic mass is 31.2. The minimum atomic E-state index is -4.33. The molecule has 0 rings (SSSR count). The number of hydrogen-bond donors (Lipinski definition) is 3. The lowest BCUT2D eigenvalue weighted by Crippen LogP contribution is -2.45. The van der Waals surface area contributed by atoms with E-state index in [4.69, 9.17) is 9.05 Å². The van der Waals surface area contributed by atoms with Crippen molar-refractivity contribution in [1.29, 1.82) is 0 Å². The lowest BCUT2D eigenvalue weighted by Gasteiger charge is -2.25. The Morgan fingerprint density at radius 2 is 1.15 bits per heavy atom. The molecule has 8 nitrogen and oxygen atoms in total. The van der Waals surface area contributed by atoms with E-state index in [0.29, 0.717) is 17.4 Å². The molecule has 0 aliphatic carbocycles. The van der Waals surface area contributed by atoms with Crippen LogP contribution in [-0.2, 0) is 18.4 Å². The second kappa shape index (κ2) is 31.0. The number of nitrogens with one attached hydrogen (secondary N) is 1. The maximum Gasteiger partial charge on any atom is 0.472 e. The van der Waals surface area contributed by atoms with E-state index in [0.717, 1.165) is 51.4 Å². The van der Waals surface area contributed by atoms with Crippen LogP contribution in [0.1, 0.15) is 162 Å². The first-order chi connectivity index (χ1) is 22.5. The molecule has 0 heterocycles. The van der Waals surface area contributed by atoms with Gasteiger partial charge >= 0.3 is 7.82 Å². The van der Waals surface area contributed by atoms with E-state index in [-0.39, 0.29) is 19.1 Å². The Labute approximate surface area is 290 Å². The summed E-state index contributed by atoms with van der Waals surface area (Å²) in [5, 5.41) is 13.7. The third kappa shape index (κ3) is 33.3. The van der Waals surface area contributed by atoms with Gasteiger partial charge in [0.1, 0.15) is 13.2 Å². The summed E-state index contributed by atoms with van der Waals surface area (Å²) in [5.74, 6) is -0.189. The van der Waals surface area contributed by atoms with Crippen LogP contribution in [-0.4, -0.2) is 73.4 Å². The Morgan fingerprint density at radius 3 is 1.64 bits per heavy atom. The Kier molecular flexibility index (Phi) is 30.3. The molecule has 3 N–H and O–H groups in total. The van der Waals surface area contributed by atoms with Crippen LogP contribution in [0, 0.1) is 0 Å². The molecule has 3 atom stereocenters. The number of carbonyl (C=O) groups is 1. The molecule has 0 aromatic rings. The molecule has 9 heteroatoms. The van der Waals surface area contributed by atoms with Gasteiger partial charge in [0.25, 0.3) is 0 Å². The number of nitrogens with zero attached hydrogens (tertiary/aromatic N) is 1. The van der Waals surface area contributed by atoms with Crippen molar-refractivity contribution in [3.8, 4) is 0 Å². The molecular weight excluding hydrogens is 611 g/mol. The van der Waals surface area contributed by atoms with Gasteiger partial charge in [0, 0.05) is 6.42 Å². The van der Waals surface area contributed by atoms with Gasteiger partial charge < -0.3 is 19.8 Å². The van der Waals surface area contributed by atoms with Gasteiger partial charge in [-0.1, -0.05) is 134 Å². The average molecular weight is 688 g/mol. The van der Waals surface area contributed by atoms with Gasteiger partial charge in [0.05, 0.1) is 39.9 Å². The van der Waals surface area contributed by atoms with Crippen molar-refractivity contribution in [2.45, 2.75) is 174 Å². The van der Waals surface area contributed by atoms with E-state index >= 15 is 0 Å². The predicted molar refractivity (Wildman–Crippen MR) is 198 cm³/mol. The molecule has 0 fully saturated rings. The quantitative estimate of drug-likeness (QED) is 0.0269. The summed E-state index contributed by atoms with van der Waals surface area (Å²) in [5.41, 5.74) is 0. The normalized spacial score (nSPS) is 15.0. The number of likely N-dealkylation sites (N-methyl/N-ethyl adjacent to an activating group) is 1. The van der Waals surface area contributed by atoms with Crippen LogP contribution in [0.4, 0.5) is 0 Å². The van der Waals surface area contributed by atoms with Crippen molar-refractivity contribution >= 4 is 13.7 Å². The third-order valence-corrected chi connectivity index (χ3v) is 9.40. The second-order valence-electron chi connectivity index (χ2n) is 14.3. The van der Waals surface area contributed by atoms with E-state index in [9.17, 15) is 19.4 Å². The Morgan fingerprint density at radius 1 is 0.702 bits per heavy atom. The van der Waals surface area contributed by atoms with Gasteiger partial charge in [-0.25, -0.2) is 4.57 Å². The molecular formula is C38H76N2O6P+. The van der Waals surface area contributed by atoms with Crippen LogP contribution in [0.15, 0.2) is 24.3 Å². The first kappa shape index (κ1) is 46.0. The zero-order valence-corrected chi connectivity index (χ0v) is 32.2. The summed E-state index contributed by atoms with van der Waals surface area (Å²) in [6.45, 7) is 4.76. The first-order valence-corrected chi connectivity index (χ1v) is 20.7. The zero-order chi connectivity index (χ0) is 35.1. The zero-order valence-electron chi connectivity index (χ0n) is 31.3. The van der Waals surface area contributed by atoms with E-state index in [1.165, 1.54) is 89.9 Å². The van der Waals surface area contributed by atoms with Crippen LogP contribution in [0.5, 0.6) is 0 Å². The predicted octanol–water partition coefficient (Wildman–Crippen LogP) is 9.80. The molecule has 0 aromatic heterocycles. The van der Waals surface area contributed by atoms with Gasteiger partial charge in [-0.3, -0.25) is 13.8 Å². The molecule has 1 amide bonds. The fourth-order valence-electron chi connectivity index (χ4n) is 5.27. The SMILES string of the molecule is CCCCCCCC/C=C/CCCCCCCC(=O)N[C@@H](COP(=O)(O)OCC[N+](C)(C)C)[C@H](O)/C=C/CCCCCCCCCC. The molecule has 1 unspecified atom stereocenters. The van der Waals surface area contributed by atoms with Crippen molar-refractivity contribution in [2.24, 2.45) is 0 Å². The van der Waals surface area contributed by atoms with Gasteiger partial charge in [-0.05, 0) is 44.9 Å². The molecule has 47 heavy (non-hydrogen) atoms. The first-order valence-electron chi connectivity index (χ1n) is 19.2. The molecule has 0 saturated heterocycles. The van der Waals surface area contributed by atoms with Gasteiger partial charge in [-0.15, -0.1) is 0 Å². The minimum Gasteiger partial charge on any atom is -0.387 e. The molecule has 0 bridgehead atoms. The van der Waals surface area contributed by atoms with Crippen LogP contribution in [0.3, 0.4) is 0 Å². The van der Waals surface area contributed by atoms with E-state index in [1.54, 1.807) is 6.08 Å². The van der Waals surface area contributed by atoms with E-state index < -0.39 is 20.0 Å². The Balaban J connectivity index is 4.51. The average Bonchev–Trinajstić information content (AvgIpc) is 3.01. The topological polar surface area (TPSA) is 105 Å². The van der Waals surface area contributed by atoms with E-state index in [1.807, 2.05) is 27.2 Å². The second-order valence-corrected chi connectivity index (χ2v) is 15.8.